The predicted octanol–water partition coefficient (Wildman–Crippen LogP) is 2.07. The van der Waals surface area contributed by atoms with E-state index in [9.17, 15) is 0 Å². The van der Waals surface area contributed by atoms with E-state index in [1.807, 2.05) is 12.1 Å². The maximum absolute atomic E-state index is 5.88. The van der Waals surface area contributed by atoms with Crippen LogP contribution in [0.1, 0.15) is 25.5 Å². The smallest absolute Gasteiger partial charge is 0.119 e. The van der Waals surface area contributed by atoms with Gasteiger partial charge in [0.2, 0.25) is 0 Å². The maximum Gasteiger partial charge on any atom is 0.119 e. The third-order valence-corrected chi connectivity index (χ3v) is 3.65. The molecule has 1 heterocycles. The Labute approximate surface area is 122 Å². The molecule has 4 nitrogen and oxygen atoms in total. The molecule has 112 valence electrons. The highest BCUT2D eigenvalue weighted by atomic mass is 16.5. The van der Waals surface area contributed by atoms with Crippen molar-refractivity contribution in [1.82, 2.24) is 10.2 Å². The monoisotopic (exact) mass is 278 g/mol. The molecule has 1 N–H and O–H groups in total. The van der Waals surface area contributed by atoms with E-state index in [2.05, 4.69) is 43.2 Å². The summed E-state index contributed by atoms with van der Waals surface area (Å²) in [6.07, 6.45) is 0.170. The van der Waals surface area contributed by atoms with Gasteiger partial charge in [-0.3, -0.25) is 0 Å². The molecule has 20 heavy (non-hydrogen) atoms. The number of ether oxygens (including phenoxy) is 2. The van der Waals surface area contributed by atoms with Crippen molar-refractivity contribution in [3.63, 3.8) is 0 Å². The zero-order valence-electron chi connectivity index (χ0n) is 12.8. The largest absolute Gasteiger partial charge is 0.491 e. The van der Waals surface area contributed by atoms with Crippen LogP contribution in [0.5, 0.6) is 5.75 Å². The first-order valence-electron chi connectivity index (χ1n) is 7.45. The van der Waals surface area contributed by atoms with Crippen molar-refractivity contribution in [2.75, 3.05) is 39.9 Å². The van der Waals surface area contributed by atoms with Gasteiger partial charge in [-0.2, -0.15) is 0 Å². The lowest BCUT2D eigenvalue weighted by Crippen LogP contribution is -2.42. The molecule has 2 unspecified atom stereocenters. The zero-order valence-corrected chi connectivity index (χ0v) is 12.8. The van der Waals surface area contributed by atoms with Crippen LogP contribution in [0.25, 0.3) is 0 Å². The molecular weight excluding hydrogens is 252 g/mol. The summed E-state index contributed by atoms with van der Waals surface area (Å²) in [4.78, 5) is 2.28. The van der Waals surface area contributed by atoms with E-state index in [0.717, 1.165) is 32.0 Å². The van der Waals surface area contributed by atoms with Crippen molar-refractivity contribution >= 4 is 0 Å². The average Bonchev–Trinajstić information content (AvgIpc) is 2.46. The van der Waals surface area contributed by atoms with Crippen molar-refractivity contribution in [3.8, 4) is 5.75 Å². The van der Waals surface area contributed by atoms with Crippen molar-refractivity contribution in [2.24, 2.45) is 0 Å². The Bertz CT molecular complexity index is 411. The molecule has 1 aliphatic rings. The maximum atomic E-state index is 5.88. The van der Waals surface area contributed by atoms with Crippen LogP contribution in [0.2, 0.25) is 0 Å². The van der Waals surface area contributed by atoms with Crippen LogP contribution >= 0.6 is 0 Å². The number of hydrogen-bond acceptors (Lipinski definition) is 4. The summed E-state index contributed by atoms with van der Waals surface area (Å²) in [5.41, 5.74) is 1.26. The van der Waals surface area contributed by atoms with Gasteiger partial charge in [0.25, 0.3) is 0 Å². The minimum Gasteiger partial charge on any atom is -0.491 e. The van der Waals surface area contributed by atoms with Crippen LogP contribution in [-0.2, 0) is 4.74 Å². The number of rotatable bonds is 6. The second-order valence-electron chi connectivity index (χ2n) is 5.42. The molecule has 0 spiro atoms. The summed E-state index contributed by atoms with van der Waals surface area (Å²) >= 11 is 0. The fourth-order valence-corrected chi connectivity index (χ4v) is 2.45. The summed E-state index contributed by atoms with van der Waals surface area (Å²) in [7, 11) is 2.12. The van der Waals surface area contributed by atoms with Gasteiger partial charge in [0.1, 0.15) is 18.5 Å². The summed E-state index contributed by atoms with van der Waals surface area (Å²) < 4.78 is 11.6. The first-order chi connectivity index (χ1) is 9.69. The van der Waals surface area contributed by atoms with Gasteiger partial charge in [-0.25, -0.2) is 0 Å². The summed E-state index contributed by atoms with van der Waals surface area (Å²) in [6, 6.07) is 8.65. The lowest BCUT2D eigenvalue weighted by atomic mass is 10.1. The van der Waals surface area contributed by atoms with E-state index in [-0.39, 0.29) is 6.10 Å². The molecular formula is C16H26N2O2. The van der Waals surface area contributed by atoms with Gasteiger partial charge < -0.3 is 19.7 Å². The van der Waals surface area contributed by atoms with E-state index >= 15 is 0 Å². The van der Waals surface area contributed by atoms with Crippen molar-refractivity contribution < 1.29 is 9.47 Å². The van der Waals surface area contributed by atoms with E-state index in [1.54, 1.807) is 0 Å². The highest BCUT2D eigenvalue weighted by Crippen LogP contribution is 2.19. The molecule has 1 aromatic rings. The third-order valence-electron chi connectivity index (χ3n) is 3.65. The first-order valence-corrected chi connectivity index (χ1v) is 7.45. The van der Waals surface area contributed by atoms with Crippen LogP contribution in [0, 0.1) is 0 Å². The molecule has 4 heteroatoms. The molecule has 1 aromatic carbocycles. The van der Waals surface area contributed by atoms with E-state index < -0.39 is 0 Å². The average molecular weight is 278 g/mol. The number of morpholine rings is 1. The summed E-state index contributed by atoms with van der Waals surface area (Å²) in [5.74, 6) is 0.920. The number of hydrogen-bond donors (Lipinski definition) is 1. The highest BCUT2D eigenvalue weighted by Gasteiger charge is 2.18. The SMILES string of the molecule is CCNC(C)c1cccc(OCC2CN(C)CCO2)c1. The lowest BCUT2D eigenvalue weighted by Gasteiger charge is -2.29. The van der Waals surface area contributed by atoms with Gasteiger partial charge in [-0.1, -0.05) is 19.1 Å². The van der Waals surface area contributed by atoms with Crippen molar-refractivity contribution in [1.29, 1.82) is 0 Å². The van der Waals surface area contributed by atoms with Crippen LogP contribution in [0.4, 0.5) is 0 Å². The quantitative estimate of drug-likeness (QED) is 0.863. The zero-order chi connectivity index (χ0) is 14.4. The van der Waals surface area contributed by atoms with Gasteiger partial charge >= 0.3 is 0 Å². The molecule has 2 atom stereocenters. The van der Waals surface area contributed by atoms with Crippen LogP contribution < -0.4 is 10.1 Å². The van der Waals surface area contributed by atoms with Crippen LogP contribution in [-0.4, -0.2) is 50.9 Å². The molecule has 0 radical (unpaired) electrons. The molecule has 0 bridgehead atoms. The van der Waals surface area contributed by atoms with Crippen molar-refractivity contribution in [2.45, 2.75) is 26.0 Å². The number of nitrogens with one attached hydrogen (secondary N) is 1. The second kappa shape index (κ2) is 7.62. The van der Waals surface area contributed by atoms with Crippen LogP contribution in [0.15, 0.2) is 24.3 Å². The molecule has 2 rings (SSSR count). The summed E-state index contributed by atoms with van der Waals surface area (Å²) in [6.45, 7) is 8.61. The standard InChI is InChI=1S/C16H26N2O2/c1-4-17-13(2)14-6-5-7-15(10-14)20-12-16-11-18(3)8-9-19-16/h5-7,10,13,16-17H,4,8-9,11-12H2,1-3H3. The number of likely N-dealkylation sites (N-methyl/N-ethyl adjacent to an activating group) is 1. The molecule has 1 fully saturated rings. The molecule has 1 aliphatic heterocycles. The van der Waals surface area contributed by atoms with Gasteiger partial charge in [-0.05, 0) is 38.2 Å². The van der Waals surface area contributed by atoms with E-state index in [1.165, 1.54) is 5.56 Å². The van der Waals surface area contributed by atoms with Crippen LogP contribution in [0.3, 0.4) is 0 Å². The topological polar surface area (TPSA) is 33.7 Å². The fraction of sp³-hybridized carbons (Fsp3) is 0.625. The van der Waals surface area contributed by atoms with Crippen molar-refractivity contribution in [3.05, 3.63) is 29.8 Å². The van der Waals surface area contributed by atoms with Gasteiger partial charge in [-0.15, -0.1) is 0 Å². The lowest BCUT2D eigenvalue weighted by molar-refractivity contribution is -0.0403. The Morgan fingerprint density at radius 3 is 3.10 bits per heavy atom. The summed E-state index contributed by atoms with van der Waals surface area (Å²) in [5, 5.41) is 3.41. The molecule has 1 saturated heterocycles. The predicted molar refractivity (Wildman–Crippen MR) is 81.3 cm³/mol. The number of nitrogens with zero attached hydrogens (tertiary/aromatic N) is 1. The Kier molecular flexibility index (Phi) is 5.83. The Balaban J connectivity index is 1.87. The Hall–Kier alpha value is -1.10. The van der Waals surface area contributed by atoms with Gasteiger partial charge in [0.15, 0.2) is 0 Å². The fourth-order valence-electron chi connectivity index (χ4n) is 2.45. The van der Waals surface area contributed by atoms with E-state index in [0.29, 0.717) is 12.6 Å². The Morgan fingerprint density at radius 1 is 1.50 bits per heavy atom. The minimum absolute atomic E-state index is 0.170. The van der Waals surface area contributed by atoms with Gasteiger partial charge in [0.05, 0.1) is 6.61 Å². The molecule has 0 amide bonds. The number of benzene rings is 1. The first kappa shape index (κ1) is 15.3. The molecule has 0 saturated carbocycles. The normalized spacial score (nSPS) is 21.6. The molecule has 0 aromatic heterocycles. The molecule has 0 aliphatic carbocycles. The third kappa shape index (κ3) is 4.47. The second-order valence-corrected chi connectivity index (χ2v) is 5.42. The van der Waals surface area contributed by atoms with E-state index in [4.69, 9.17) is 9.47 Å². The highest BCUT2D eigenvalue weighted by molar-refractivity contribution is 5.30. The Morgan fingerprint density at radius 2 is 2.35 bits per heavy atom. The minimum atomic E-state index is 0.170. The van der Waals surface area contributed by atoms with Gasteiger partial charge in [0, 0.05) is 19.1 Å².